The lowest BCUT2D eigenvalue weighted by atomic mass is 10.5. The molecule has 0 saturated carbocycles. The summed E-state index contributed by atoms with van der Waals surface area (Å²) in [7, 11) is -7.88. The minimum Gasteiger partial charge on any atom is -0.436 e. The minimum atomic E-state index is -2.84. The summed E-state index contributed by atoms with van der Waals surface area (Å²) >= 11 is 0. The Bertz CT molecular complexity index is 876. The molecule has 11 nitrogen and oxygen atoms in total. The number of hydrogen-bond acceptors (Lipinski definition) is 11. The highest BCUT2D eigenvalue weighted by Gasteiger charge is 2.53. The van der Waals surface area contributed by atoms with Gasteiger partial charge in [0.25, 0.3) is 8.48 Å². The summed E-state index contributed by atoms with van der Waals surface area (Å²) in [4.78, 5) is 2.45. The molecule has 293 valence electrons. The second-order valence-electron chi connectivity index (χ2n) is 14.9. The van der Waals surface area contributed by atoms with Gasteiger partial charge in [0.15, 0.2) is 8.32 Å². The smallest absolute Gasteiger partial charge is 0.436 e. The molecule has 0 bridgehead atoms. The molecule has 0 aliphatic carbocycles. The van der Waals surface area contributed by atoms with Crippen LogP contribution < -0.4 is 0 Å². The zero-order valence-corrected chi connectivity index (χ0v) is 42.9. The maximum atomic E-state index is 7.22. The molecule has 2 unspecified atom stereocenters. The van der Waals surface area contributed by atoms with Gasteiger partial charge in [-0.05, 0) is 130 Å². The van der Waals surface area contributed by atoms with E-state index in [1.165, 1.54) is 6.04 Å². The van der Waals surface area contributed by atoms with E-state index in [2.05, 4.69) is 96.2 Å². The summed E-state index contributed by atoms with van der Waals surface area (Å²) in [6.45, 7) is 35.0. The van der Waals surface area contributed by atoms with E-state index in [0.717, 1.165) is 73.1 Å². The van der Waals surface area contributed by atoms with Crippen molar-refractivity contribution in [2.75, 3.05) is 67.4 Å². The molecule has 0 aromatic heterocycles. The first-order chi connectivity index (χ1) is 22.5. The molecule has 19 heteroatoms. The van der Waals surface area contributed by atoms with Crippen molar-refractivity contribution in [1.82, 2.24) is 9.47 Å². The van der Waals surface area contributed by atoms with E-state index < -0.39 is 60.6 Å². The van der Waals surface area contributed by atoms with Crippen molar-refractivity contribution in [2.45, 2.75) is 130 Å². The van der Waals surface area contributed by atoms with Gasteiger partial charge in [-0.15, -0.1) is 0 Å². The third-order valence-electron chi connectivity index (χ3n) is 8.36. The SMILES string of the molecule is CCO[Si](CCCN(C)C[Si]CC[Si](C)(C)O[Si](C)(C)O[Si](C)(C)O[Si](C)(C)O[Si](C)(CC(C)[Si](OC)(OC)OC)N(CC)CC)OCC. The fraction of sp³-hybridized carbons (Fsp3) is 1.00. The summed E-state index contributed by atoms with van der Waals surface area (Å²) in [5.74, 6) is 0. The molecule has 0 aromatic rings. The van der Waals surface area contributed by atoms with Crippen molar-refractivity contribution in [3.8, 4) is 0 Å². The quantitative estimate of drug-likeness (QED) is 0.0554. The van der Waals surface area contributed by atoms with Crippen molar-refractivity contribution >= 4 is 70.1 Å². The summed E-state index contributed by atoms with van der Waals surface area (Å²) < 4.78 is 59.7. The van der Waals surface area contributed by atoms with Gasteiger partial charge in [-0.1, -0.05) is 26.8 Å². The van der Waals surface area contributed by atoms with Crippen LogP contribution >= 0.6 is 0 Å². The fourth-order valence-corrected chi connectivity index (χ4v) is 40.7. The predicted octanol–water partition coefficient (Wildman–Crippen LogP) is 7.01. The first kappa shape index (κ1) is 50.3. The normalized spacial score (nSPS) is 15.9. The Kier molecular flexibility index (Phi) is 23.9. The molecule has 0 aliphatic heterocycles. The molecular weight excluding hydrogens is 757 g/mol. The van der Waals surface area contributed by atoms with E-state index in [9.17, 15) is 0 Å². The van der Waals surface area contributed by atoms with Gasteiger partial charge in [-0.3, -0.25) is 0 Å². The summed E-state index contributed by atoms with van der Waals surface area (Å²) in [6.07, 6.45) is 2.25. The second-order valence-corrected chi connectivity index (χ2v) is 40.5. The molecular formula is C30H77N2O9Si8. The van der Waals surface area contributed by atoms with Crippen LogP contribution in [0.3, 0.4) is 0 Å². The first-order valence-corrected chi connectivity index (χ1v) is 37.1. The Balaban J connectivity index is 5.30. The maximum absolute atomic E-state index is 7.22. The first-order valence-electron chi connectivity index (χ1n) is 18.3. The predicted molar refractivity (Wildman–Crippen MR) is 221 cm³/mol. The Labute approximate surface area is 313 Å². The van der Waals surface area contributed by atoms with E-state index in [1.54, 1.807) is 21.3 Å². The lowest BCUT2D eigenvalue weighted by Gasteiger charge is -2.47. The molecule has 0 saturated heterocycles. The van der Waals surface area contributed by atoms with Crippen molar-refractivity contribution in [1.29, 1.82) is 0 Å². The summed E-state index contributed by atoms with van der Waals surface area (Å²) in [5, 5.41) is 0. The zero-order chi connectivity index (χ0) is 38.2. The molecule has 2 atom stereocenters. The zero-order valence-electron chi connectivity index (χ0n) is 34.9. The average Bonchev–Trinajstić information content (AvgIpc) is 2.95. The van der Waals surface area contributed by atoms with Crippen molar-refractivity contribution in [3.63, 3.8) is 0 Å². The van der Waals surface area contributed by atoms with Crippen LogP contribution in [0.15, 0.2) is 0 Å². The fourth-order valence-electron chi connectivity index (χ4n) is 6.91. The van der Waals surface area contributed by atoms with Crippen LogP contribution in [0.4, 0.5) is 0 Å². The topological polar surface area (TPSA) is 89.6 Å². The Morgan fingerprint density at radius 1 is 0.694 bits per heavy atom. The van der Waals surface area contributed by atoms with Gasteiger partial charge in [0.05, 0.1) is 9.52 Å². The maximum Gasteiger partial charge on any atom is 0.502 e. The third kappa shape index (κ3) is 19.4. The second kappa shape index (κ2) is 23.3. The molecule has 0 aromatic carbocycles. The molecule has 0 rings (SSSR count). The third-order valence-corrected chi connectivity index (χ3v) is 36.3. The Hall–Kier alpha value is 1.30. The van der Waals surface area contributed by atoms with Crippen molar-refractivity contribution < 1.29 is 38.6 Å². The van der Waals surface area contributed by atoms with Gasteiger partial charge in [0.1, 0.15) is 0 Å². The van der Waals surface area contributed by atoms with E-state index in [-0.39, 0.29) is 5.54 Å². The van der Waals surface area contributed by atoms with Gasteiger partial charge in [0.2, 0.25) is 0 Å². The van der Waals surface area contributed by atoms with Crippen LogP contribution in [0.25, 0.3) is 0 Å². The molecule has 0 aliphatic rings. The largest absolute Gasteiger partial charge is 0.502 e. The van der Waals surface area contributed by atoms with Crippen LogP contribution in [0.5, 0.6) is 0 Å². The Morgan fingerprint density at radius 3 is 1.61 bits per heavy atom. The highest BCUT2D eigenvalue weighted by atomic mass is 28.5. The van der Waals surface area contributed by atoms with Crippen LogP contribution in [0.2, 0.25) is 88.6 Å². The molecule has 0 fully saturated rings. The van der Waals surface area contributed by atoms with Crippen LogP contribution in [-0.2, 0) is 38.6 Å². The average molecular weight is 835 g/mol. The van der Waals surface area contributed by atoms with Gasteiger partial charge >= 0.3 is 43.8 Å². The van der Waals surface area contributed by atoms with Crippen molar-refractivity contribution in [2.24, 2.45) is 0 Å². The highest BCUT2D eigenvalue weighted by Crippen LogP contribution is 2.36. The highest BCUT2D eigenvalue weighted by molar-refractivity contribution is 6.90. The standard InChI is InChI=1S/C30H77N2O9Si8/c1-19-32(20-2)48(18,28-30(5)49(33-7,34-8)35-9)41-47(16,17)40-46(14,15)39-45(12,13)38-44(10,11)27-25-42-29-31(6)24-23-26-43(36-21-3)37-22-4/h30H,19-29H2,1-18H3. The van der Waals surface area contributed by atoms with E-state index in [1.807, 2.05) is 13.8 Å². The number of rotatable bonds is 30. The van der Waals surface area contributed by atoms with Crippen molar-refractivity contribution in [3.05, 3.63) is 0 Å². The monoisotopic (exact) mass is 833 g/mol. The van der Waals surface area contributed by atoms with Gasteiger partial charge in [-0.25, -0.2) is 0 Å². The molecule has 0 spiro atoms. The van der Waals surface area contributed by atoms with Crippen LogP contribution in [0, 0.1) is 0 Å². The molecule has 0 N–H and O–H groups in total. The number of nitrogens with zero attached hydrogens (tertiary/aromatic N) is 2. The van der Waals surface area contributed by atoms with Crippen LogP contribution in [0.1, 0.15) is 41.0 Å². The molecule has 0 heterocycles. The molecule has 3 radical (unpaired) electrons. The molecule has 0 amide bonds. The van der Waals surface area contributed by atoms with Gasteiger partial charge in [-0.2, -0.15) is 0 Å². The van der Waals surface area contributed by atoms with Gasteiger partial charge < -0.3 is 48.1 Å². The number of hydrogen-bond donors (Lipinski definition) is 0. The van der Waals surface area contributed by atoms with E-state index in [0.29, 0.717) is 0 Å². The van der Waals surface area contributed by atoms with E-state index in [4.69, 9.17) is 38.6 Å². The lowest BCUT2D eigenvalue weighted by Crippen LogP contribution is -2.64. The van der Waals surface area contributed by atoms with E-state index >= 15 is 0 Å². The summed E-state index contributed by atoms with van der Waals surface area (Å²) in [6, 6.07) is 4.19. The van der Waals surface area contributed by atoms with Crippen LogP contribution in [-0.4, -0.2) is 147 Å². The summed E-state index contributed by atoms with van der Waals surface area (Å²) in [5.41, 5.74) is 0.0733. The molecule has 49 heavy (non-hydrogen) atoms. The Morgan fingerprint density at radius 2 is 1.16 bits per heavy atom. The lowest BCUT2D eigenvalue weighted by molar-refractivity contribution is 0.114. The minimum absolute atomic E-state index is 0.0733. The van der Waals surface area contributed by atoms with Gasteiger partial charge in [0, 0.05) is 40.1 Å².